The molecule has 0 aromatic heterocycles. The third kappa shape index (κ3) is 2.76. The lowest BCUT2D eigenvalue weighted by molar-refractivity contribution is 0.0696. The highest BCUT2D eigenvalue weighted by Crippen LogP contribution is 2.34. The molecular formula is C16H16O3. The van der Waals surface area contributed by atoms with Gasteiger partial charge in [0.05, 0.1) is 5.56 Å². The third-order valence-electron chi connectivity index (χ3n) is 3.26. The van der Waals surface area contributed by atoms with Gasteiger partial charge < -0.3 is 10.2 Å². The minimum atomic E-state index is -0.982. The summed E-state index contributed by atoms with van der Waals surface area (Å²) in [4.78, 5) is 11.0. The van der Waals surface area contributed by atoms with Crippen LogP contribution in [0.2, 0.25) is 0 Å². The Morgan fingerprint density at radius 1 is 1.16 bits per heavy atom. The van der Waals surface area contributed by atoms with Gasteiger partial charge in [-0.1, -0.05) is 37.3 Å². The van der Waals surface area contributed by atoms with Gasteiger partial charge in [-0.05, 0) is 30.2 Å². The average Bonchev–Trinajstić information content (AvgIpc) is 2.42. The number of aromatic hydroxyl groups is 1. The van der Waals surface area contributed by atoms with E-state index >= 15 is 0 Å². The zero-order valence-corrected chi connectivity index (χ0v) is 10.7. The van der Waals surface area contributed by atoms with E-state index < -0.39 is 5.97 Å². The molecule has 0 saturated carbocycles. The van der Waals surface area contributed by atoms with E-state index in [1.54, 1.807) is 6.07 Å². The fraction of sp³-hybridized carbons (Fsp3) is 0.188. The standard InChI is InChI=1S/C16H16O3/c1-2-13(11-6-4-3-5-7-11)14-10-12(16(18)19)8-9-15(14)17/h3-10,13,17H,2H2,1H3,(H,18,19). The van der Waals surface area contributed by atoms with E-state index in [1.165, 1.54) is 12.1 Å². The summed E-state index contributed by atoms with van der Waals surface area (Å²) in [6.07, 6.45) is 0.792. The zero-order chi connectivity index (χ0) is 13.8. The van der Waals surface area contributed by atoms with Crippen LogP contribution in [0, 0.1) is 0 Å². The maximum absolute atomic E-state index is 11.0. The van der Waals surface area contributed by atoms with Gasteiger partial charge in [-0.2, -0.15) is 0 Å². The van der Waals surface area contributed by atoms with Crippen molar-refractivity contribution in [2.24, 2.45) is 0 Å². The van der Waals surface area contributed by atoms with Crippen molar-refractivity contribution in [1.82, 2.24) is 0 Å². The van der Waals surface area contributed by atoms with Crippen molar-refractivity contribution in [2.75, 3.05) is 0 Å². The topological polar surface area (TPSA) is 57.5 Å². The van der Waals surface area contributed by atoms with Crippen LogP contribution < -0.4 is 0 Å². The highest BCUT2D eigenvalue weighted by atomic mass is 16.4. The number of carbonyl (C=O) groups is 1. The number of carboxylic acids is 1. The van der Waals surface area contributed by atoms with Crippen LogP contribution in [0.15, 0.2) is 48.5 Å². The Kier molecular flexibility index (Phi) is 3.85. The quantitative estimate of drug-likeness (QED) is 0.878. The molecule has 2 aromatic carbocycles. The predicted octanol–water partition coefficient (Wildman–Crippen LogP) is 3.63. The van der Waals surface area contributed by atoms with Gasteiger partial charge in [0.2, 0.25) is 0 Å². The molecule has 0 aliphatic carbocycles. The van der Waals surface area contributed by atoms with Gasteiger partial charge in [0.1, 0.15) is 5.75 Å². The van der Waals surface area contributed by atoms with Gasteiger partial charge in [0.25, 0.3) is 0 Å². The monoisotopic (exact) mass is 256 g/mol. The lowest BCUT2D eigenvalue weighted by Gasteiger charge is -2.17. The molecule has 0 amide bonds. The first-order valence-corrected chi connectivity index (χ1v) is 6.24. The largest absolute Gasteiger partial charge is 0.508 e. The van der Waals surface area contributed by atoms with Crippen LogP contribution in [0.5, 0.6) is 5.75 Å². The lowest BCUT2D eigenvalue weighted by atomic mass is 9.87. The first-order valence-electron chi connectivity index (χ1n) is 6.24. The van der Waals surface area contributed by atoms with Gasteiger partial charge in [0.15, 0.2) is 0 Å². The molecule has 1 unspecified atom stereocenters. The van der Waals surface area contributed by atoms with E-state index in [-0.39, 0.29) is 17.2 Å². The van der Waals surface area contributed by atoms with Crippen LogP contribution in [-0.4, -0.2) is 16.2 Å². The summed E-state index contributed by atoms with van der Waals surface area (Å²) in [5, 5.41) is 19.0. The molecule has 0 heterocycles. The summed E-state index contributed by atoms with van der Waals surface area (Å²) >= 11 is 0. The molecule has 0 saturated heterocycles. The van der Waals surface area contributed by atoms with E-state index in [0.717, 1.165) is 12.0 Å². The second-order valence-electron chi connectivity index (χ2n) is 4.45. The zero-order valence-electron chi connectivity index (χ0n) is 10.7. The molecule has 2 rings (SSSR count). The minimum absolute atomic E-state index is 0.000463. The second-order valence-corrected chi connectivity index (χ2v) is 4.45. The van der Waals surface area contributed by atoms with Crippen molar-refractivity contribution in [1.29, 1.82) is 0 Å². The molecule has 0 spiro atoms. The summed E-state index contributed by atoms with van der Waals surface area (Å²) in [6.45, 7) is 2.02. The molecule has 2 N–H and O–H groups in total. The molecule has 3 nitrogen and oxygen atoms in total. The summed E-state index contributed by atoms with van der Waals surface area (Å²) in [5.41, 5.74) is 1.93. The summed E-state index contributed by atoms with van der Waals surface area (Å²) in [5.74, 6) is -0.842. The second kappa shape index (κ2) is 5.57. The van der Waals surface area contributed by atoms with Crippen molar-refractivity contribution >= 4 is 5.97 Å². The van der Waals surface area contributed by atoms with Crippen LogP contribution in [0.3, 0.4) is 0 Å². The van der Waals surface area contributed by atoms with Crippen molar-refractivity contribution in [3.05, 3.63) is 65.2 Å². The van der Waals surface area contributed by atoms with Crippen molar-refractivity contribution in [3.63, 3.8) is 0 Å². The van der Waals surface area contributed by atoms with Gasteiger partial charge in [-0.25, -0.2) is 4.79 Å². The van der Waals surface area contributed by atoms with E-state index in [4.69, 9.17) is 5.11 Å². The fourth-order valence-electron chi connectivity index (χ4n) is 2.29. The number of hydrogen-bond acceptors (Lipinski definition) is 2. The Hall–Kier alpha value is -2.29. The predicted molar refractivity (Wildman–Crippen MR) is 73.6 cm³/mol. The molecule has 0 radical (unpaired) electrons. The maximum Gasteiger partial charge on any atom is 0.335 e. The molecule has 2 aromatic rings. The van der Waals surface area contributed by atoms with E-state index in [1.807, 2.05) is 37.3 Å². The maximum atomic E-state index is 11.0. The van der Waals surface area contributed by atoms with Crippen LogP contribution in [0.4, 0.5) is 0 Å². The Balaban J connectivity index is 2.49. The SMILES string of the molecule is CCC(c1ccccc1)c1cc(C(=O)O)ccc1O. The molecule has 0 aliphatic heterocycles. The van der Waals surface area contributed by atoms with Gasteiger partial charge in [0, 0.05) is 11.5 Å². The Labute approximate surface area is 112 Å². The van der Waals surface area contributed by atoms with Crippen molar-refractivity contribution in [2.45, 2.75) is 19.3 Å². The molecule has 0 aliphatic rings. The first kappa shape index (κ1) is 13.1. The van der Waals surface area contributed by atoms with Gasteiger partial charge in [-0.3, -0.25) is 0 Å². The Morgan fingerprint density at radius 3 is 2.42 bits per heavy atom. The number of benzene rings is 2. The molecule has 1 atom stereocenters. The normalized spacial score (nSPS) is 12.1. The third-order valence-corrected chi connectivity index (χ3v) is 3.26. The van der Waals surface area contributed by atoms with Crippen LogP contribution in [-0.2, 0) is 0 Å². The Bertz CT molecular complexity index is 576. The van der Waals surface area contributed by atoms with Crippen LogP contribution in [0.25, 0.3) is 0 Å². The summed E-state index contributed by atoms with van der Waals surface area (Å²) < 4.78 is 0. The van der Waals surface area contributed by atoms with E-state index in [2.05, 4.69) is 0 Å². The smallest absolute Gasteiger partial charge is 0.335 e. The fourth-order valence-corrected chi connectivity index (χ4v) is 2.29. The molecule has 0 bridgehead atoms. The van der Waals surface area contributed by atoms with E-state index in [0.29, 0.717) is 5.56 Å². The summed E-state index contributed by atoms with van der Waals surface area (Å²) in [6, 6.07) is 14.2. The van der Waals surface area contributed by atoms with E-state index in [9.17, 15) is 9.90 Å². The number of phenolic OH excluding ortho intramolecular Hbond substituents is 1. The van der Waals surface area contributed by atoms with Gasteiger partial charge in [-0.15, -0.1) is 0 Å². The lowest BCUT2D eigenvalue weighted by Crippen LogP contribution is -2.03. The van der Waals surface area contributed by atoms with Crippen LogP contribution >= 0.6 is 0 Å². The first-order chi connectivity index (χ1) is 9.13. The number of aromatic carboxylic acids is 1. The molecule has 0 fully saturated rings. The molecule has 19 heavy (non-hydrogen) atoms. The number of phenols is 1. The molecule has 3 heteroatoms. The highest BCUT2D eigenvalue weighted by Gasteiger charge is 2.17. The number of rotatable bonds is 4. The minimum Gasteiger partial charge on any atom is -0.508 e. The Morgan fingerprint density at radius 2 is 1.84 bits per heavy atom. The van der Waals surface area contributed by atoms with Crippen molar-refractivity contribution in [3.8, 4) is 5.75 Å². The van der Waals surface area contributed by atoms with Gasteiger partial charge >= 0.3 is 5.97 Å². The molecular weight excluding hydrogens is 240 g/mol. The highest BCUT2D eigenvalue weighted by molar-refractivity contribution is 5.88. The van der Waals surface area contributed by atoms with Crippen LogP contribution in [0.1, 0.15) is 40.7 Å². The molecule has 98 valence electrons. The summed E-state index contributed by atoms with van der Waals surface area (Å²) in [7, 11) is 0. The average molecular weight is 256 g/mol. The van der Waals surface area contributed by atoms with Crippen molar-refractivity contribution < 1.29 is 15.0 Å². The number of carboxylic acid groups (broad SMARTS) is 1. The number of hydrogen-bond donors (Lipinski definition) is 2.